The first-order valence-electron chi connectivity index (χ1n) is 6.21. The summed E-state index contributed by atoms with van der Waals surface area (Å²) in [5, 5.41) is 12.8. The Morgan fingerprint density at radius 1 is 1.50 bits per heavy atom. The van der Waals surface area contributed by atoms with Gasteiger partial charge in [-0.2, -0.15) is 10.2 Å². The van der Waals surface area contributed by atoms with Crippen LogP contribution in [0.5, 0.6) is 0 Å². The number of carbonyl (C=O) groups is 1. The molecule has 0 aliphatic carbocycles. The number of aromatic nitrogens is 4. The molecule has 3 rings (SSSR count). The summed E-state index contributed by atoms with van der Waals surface area (Å²) in [5.41, 5.74) is 0.368. The summed E-state index contributed by atoms with van der Waals surface area (Å²) in [6, 6.07) is 2.83. The molecule has 1 saturated heterocycles. The van der Waals surface area contributed by atoms with Crippen LogP contribution in [0.15, 0.2) is 29.3 Å². The van der Waals surface area contributed by atoms with E-state index in [0.29, 0.717) is 12.3 Å². The predicted octanol–water partition coefficient (Wildman–Crippen LogP) is 0.180. The van der Waals surface area contributed by atoms with Gasteiger partial charge in [-0.3, -0.25) is 14.3 Å². The number of aromatic amines is 1. The molecule has 0 bridgehead atoms. The average molecular weight is 275 g/mol. The molecule has 2 aromatic rings. The largest absolute Gasteiger partial charge is 0.379 e. The standard InChI is InChI=1S/C12H13N5O3/c18-11-2-1-10(15-16-11)12(19)14-8-5-13-17(6-8)9-3-4-20-7-9/h1-2,5-6,9H,3-4,7H2,(H,14,19)(H,16,18)/t9-/m1/s1. The smallest absolute Gasteiger partial charge is 0.276 e. The lowest BCUT2D eigenvalue weighted by molar-refractivity contribution is 0.102. The number of anilines is 1. The molecule has 1 aliphatic rings. The Hall–Kier alpha value is -2.48. The zero-order valence-electron chi connectivity index (χ0n) is 10.6. The maximum atomic E-state index is 11.9. The molecular weight excluding hydrogens is 262 g/mol. The van der Waals surface area contributed by atoms with E-state index in [9.17, 15) is 9.59 Å². The Balaban J connectivity index is 1.69. The molecule has 0 unspecified atom stereocenters. The van der Waals surface area contributed by atoms with Crippen molar-refractivity contribution in [2.24, 2.45) is 0 Å². The van der Waals surface area contributed by atoms with Crippen LogP contribution in [-0.4, -0.2) is 39.1 Å². The van der Waals surface area contributed by atoms with Gasteiger partial charge < -0.3 is 10.1 Å². The molecular formula is C12H13N5O3. The maximum absolute atomic E-state index is 11.9. The van der Waals surface area contributed by atoms with Gasteiger partial charge in [0.2, 0.25) is 0 Å². The molecule has 8 heteroatoms. The van der Waals surface area contributed by atoms with E-state index in [2.05, 4.69) is 20.6 Å². The number of nitrogens with one attached hydrogen (secondary N) is 2. The van der Waals surface area contributed by atoms with Gasteiger partial charge in [-0.15, -0.1) is 0 Å². The fourth-order valence-corrected chi connectivity index (χ4v) is 2.00. The monoisotopic (exact) mass is 275 g/mol. The van der Waals surface area contributed by atoms with Gasteiger partial charge in [-0.05, 0) is 12.5 Å². The highest BCUT2D eigenvalue weighted by Crippen LogP contribution is 2.19. The van der Waals surface area contributed by atoms with E-state index in [4.69, 9.17) is 4.74 Å². The zero-order valence-corrected chi connectivity index (χ0v) is 10.6. The minimum atomic E-state index is -0.400. The molecule has 2 aromatic heterocycles. The molecule has 1 fully saturated rings. The Morgan fingerprint density at radius 2 is 2.40 bits per heavy atom. The lowest BCUT2D eigenvalue weighted by atomic mass is 10.3. The second-order valence-corrected chi connectivity index (χ2v) is 4.49. The van der Waals surface area contributed by atoms with Gasteiger partial charge in [0, 0.05) is 18.9 Å². The van der Waals surface area contributed by atoms with Crippen LogP contribution in [0.2, 0.25) is 0 Å². The van der Waals surface area contributed by atoms with Crippen molar-refractivity contribution in [3.05, 3.63) is 40.6 Å². The third kappa shape index (κ3) is 2.59. The molecule has 8 nitrogen and oxygen atoms in total. The maximum Gasteiger partial charge on any atom is 0.276 e. The van der Waals surface area contributed by atoms with Gasteiger partial charge in [-0.1, -0.05) is 0 Å². The van der Waals surface area contributed by atoms with Crippen molar-refractivity contribution in [2.75, 3.05) is 18.5 Å². The quantitative estimate of drug-likeness (QED) is 0.832. The van der Waals surface area contributed by atoms with Crippen molar-refractivity contribution in [1.82, 2.24) is 20.0 Å². The van der Waals surface area contributed by atoms with E-state index in [0.717, 1.165) is 13.0 Å². The van der Waals surface area contributed by atoms with Crippen molar-refractivity contribution in [3.63, 3.8) is 0 Å². The lowest BCUT2D eigenvalue weighted by Gasteiger charge is -2.06. The molecule has 0 aromatic carbocycles. The summed E-state index contributed by atoms with van der Waals surface area (Å²) < 4.78 is 7.07. The molecule has 1 atom stereocenters. The van der Waals surface area contributed by atoms with E-state index in [1.165, 1.54) is 12.1 Å². The van der Waals surface area contributed by atoms with Crippen molar-refractivity contribution < 1.29 is 9.53 Å². The first kappa shape index (κ1) is 12.5. The van der Waals surface area contributed by atoms with Crippen LogP contribution in [0.25, 0.3) is 0 Å². The number of rotatable bonds is 3. The van der Waals surface area contributed by atoms with E-state index < -0.39 is 5.91 Å². The van der Waals surface area contributed by atoms with Gasteiger partial charge in [0.05, 0.1) is 24.5 Å². The molecule has 2 N–H and O–H groups in total. The predicted molar refractivity (Wildman–Crippen MR) is 69.5 cm³/mol. The normalized spacial score (nSPS) is 18.1. The Labute approximate surface area is 113 Å². The van der Waals surface area contributed by atoms with Gasteiger partial charge in [0.25, 0.3) is 11.5 Å². The highest BCUT2D eigenvalue weighted by molar-refractivity contribution is 6.02. The third-order valence-corrected chi connectivity index (χ3v) is 3.05. The molecule has 1 aliphatic heterocycles. The summed E-state index contributed by atoms with van der Waals surface area (Å²) in [4.78, 5) is 22.8. The second-order valence-electron chi connectivity index (χ2n) is 4.49. The van der Waals surface area contributed by atoms with Crippen LogP contribution in [0.3, 0.4) is 0 Å². The lowest BCUT2D eigenvalue weighted by Crippen LogP contribution is -2.17. The number of hydrogen-bond acceptors (Lipinski definition) is 5. The van der Waals surface area contributed by atoms with Crippen molar-refractivity contribution >= 4 is 11.6 Å². The molecule has 104 valence electrons. The summed E-state index contributed by atoms with van der Waals surface area (Å²) in [6.07, 6.45) is 4.24. The van der Waals surface area contributed by atoms with Crippen molar-refractivity contribution in [2.45, 2.75) is 12.5 Å². The van der Waals surface area contributed by atoms with E-state index in [1.807, 2.05) is 0 Å². The first-order chi connectivity index (χ1) is 9.72. The minimum absolute atomic E-state index is 0.140. The molecule has 20 heavy (non-hydrogen) atoms. The van der Waals surface area contributed by atoms with Crippen molar-refractivity contribution in [3.8, 4) is 0 Å². The van der Waals surface area contributed by atoms with Gasteiger partial charge >= 0.3 is 0 Å². The zero-order chi connectivity index (χ0) is 13.9. The van der Waals surface area contributed by atoms with Crippen LogP contribution >= 0.6 is 0 Å². The van der Waals surface area contributed by atoms with Gasteiger partial charge in [0.1, 0.15) is 5.69 Å². The minimum Gasteiger partial charge on any atom is -0.379 e. The summed E-state index contributed by atoms with van der Waals surface area (Å²) in [6.45, 7) is 1.37. The second kappa shape index (κ2) is 5.25. The molecule has 0 saturated carbocycles. The molecule has 1 amide bonds. The van der Waals surface area contributed by atoms with E-state index >= 15 is 0 Å². The topological polar surface area (TPSA) is 102 Å². The number of hydrogen-bond donors (Lipinski definition) is 2. The van der Waals surface area contributed by atoms with E-state index in [1.54, 1.807) is 17.1 Å². The van der Waals surface area contributed by atoms with Crippen LogP contribution in [0, 0.1) is 0 Å². The first-order valence-corrected chi connectivity index (χ1v) is 6.21. The van der Waals surface area contributed by atoms with Crippen LogP contribution in [-0.2, 0) is 4.74 Å². The van der Waals surface area contributed by atoms with E-state index in [-0.39, 0.29) is 17.3 Å². The fraction of sp³-hybridized carbons (Fsp3) is 0.333. The average Bonchev–Trinajstić information content (AvgIpc) is 3.09. The third-order valence-electron chi connectivity index (χ3n) is 3.05. The Morgan fingerprint density at radius 3 is 3.10 bits per heavy atom. The van der Waals surface area contributed by atoms with Crippen LogP contribution in [0.4, 0.5) is 5.69 Å². The summed E-state index contributed by atoms with van der Waals surface area (Å²) in [7, 11) is 0. The molecule has 3 heterocycles. The Kier molecular flexibility index (Phi) is 3.30. The van der Waals surface area contributed by atoms with Crippen LogP contribution in [0.1, 0.15) is 23.0 Å². The number of carbonyl (C=O) groups excluding carboxylic acids is 1. The number of H-pyrrole nitrogens is 1. The van der Waals surface area contributed by atoms with Gasteiger partial charge in [-0.25, -0.2) is 5.10 Å². The fourth-order valence-electron chi connectivity index (χ4n) is 2.00. The van der Waals surface area contributed by atoms with Crippen LogP contribution < -0.4 is 10.9 Å². The molecule has 0 spiro atoms. The number of amides is 1. The SMILES string of the molecule is O=C(Nc1cnn([C@@H]2CCOC2)c1)c1ccc(=O)[nH]n1. The highest BCUT2D eigenvalue weighted by atomic mass is 16.5. The number of ether oxygens (including phenoxy) is 1. The molecule has 0 radical (unpaired) electrons. The Bertz CT molecular complexity index is 651. The summed E-state index contributed by atoms with van der Waals surface area (Å²) >= 11 is 0. The van der Waals surface area contributed by atoms with Crippen molar-refractivity contribution in [1.29, 1.82) is 0 Å². The van der Waals surface area contributed by atoms with Gasteiger partial charge in [0.15, 0.2) is 0 Å². The highest BCUT2D eigenvalue weighted by Gasteiger charge is 2.18. The number of nitrogens with zero attached hydrogens (tertiary/aromatic N) is 3. The summed E-state index contributed by atoms with van der Waals surface area (Å²) in [5.74, 6) is -0.400.